The van der Waals surface area contributed by atoms with Crippen LogP contribution >= 0.6 is 0 Å². The average Bonchev–Trinajstić information content (AvgIpc) is 3.32. The number of carbonyl (C=O) groups excluding carboxylic acids is 3. The molecule has 3 aliphatic rings. The van der Waals surface area contributed by atoms with Crippen molar-refractivity contribution in [3.8, 4) is 11.3 Å². The number of rotatable bonds is 4. The van der Waals surface area contributed by atoms with Gasteiger partial charge >= 0.3 is 0 Å². The summed E-state index contributed by atoms with van der Waals surface area (Å²) >= 11 is 0. The highest BCUT2D eigenvalue weighted by atomic mass is 19.1. The molecule has 0 bridgehead atoms. The molecule has 3 amide bonds. The summed E-state index contributed by atoms with van der Waals surface area (Å²) in [6.07, 6.45) is 1.59. The number of aromatic nitrogens is 1. The normalized spacial score (nSPS) is 23.6. The fourth-order valence-electron chi connectivity index (χ4n) is 4.70. The predicted octanol–water partition coefficient (Wildman–Crippen LogP) is 2.19. The summed E-state index contributed by atoms with van der Waals surface area (Å²) in [7, 11) is 0. The third-order valence-electron chi connectivity index (χ3n) is 6.37. The van der Waals surface area contributed by atoms with Gasteiger partial charge in [-0.25, -0.2) is 8.78 Å². The Morgan fingerprint density at radius 2 is 2.00 bits per heavy atom. The Hall–Kier alpha value is -3.20. The molecular formula is C23H22F2N4O3. The standard InChI is InChI=1S/C23H22F2N4O3/c24-16-6-8-28(12-16)10-14-5-7-26-21(20(14)25)13-1-2-17-15(9-13)11-29(23(17)32)18-3-4-19(30)27-22(18)31/h1-2,5,7,9,16,18H,3-4,6,8,10-12H2,(H,27,30,31)/t16-,18?/m1/s1. The summed E-state index contributed by atoms with van der Waals surface area (Å²) in [6.45, 7) is 1.42. The van der Waals surface area contributed by atoms with Crippen molar-refractivity contribution in [2.24, 2.45) is 0 Å². The van der Waals surface area contributed by atoms with Gasteiger partial charge < -0.3 is 4.90 Å². The minimum absolute atomic E-state index is 0.174. The molecule has 1 aromatic heterocycles. The van der Waals surface area contributed by atoms with Gasteiger partial charge in [-0.05, 0) is 36.6 Å². The number of halogens is 2. The van der Waals surface area contributed by atoms with E-state index in [1.807, 2.05) is 4.90 Å². The van der Waals surface area contributed by atoms with Crippen molar-refractivity contribution < 1.29 is 23.2 Å². The van der Waals surface area contributed by atoms with Crippen molar-refractivity contribution in [3.63, 3.8) is 0 Å². The Balaban J connectivity index is 1.39. The van der Waals surface area contributed by atoms with Crippen LogP contribution in [0.15, 0.2) is 30.5 Å². The molecule has 0 aliphatic carbocycles. The molecule has 4 heterocycles. The van der Waals surface area contributed by atoms with Gasteiger partial charge in [0.25, 0.3) is 5.91 Å². The van der Waals surface area contributed by atoms with Crippen LogP contribution in [-0.2, 0) is 22.7 Å². The van der Waals surface area contributed by atoms with Crippen LogP contribution in [-0.4, -0.2) is 57.8 Å². The van der Waals surface area contributed by atoms with Crippen LogP contribution in [0.4, 0.5) is 8.78 Å². The van der Waals surface area contributed by atoms with Gasteiger partial charge in [0.15, 0.2) is 5.82 Å². The second kappa shape index (κ2) is 8.05. The molecule has 7 nitrogen and oxygen atoms in total. The Bertz CT molecular complexity index is 1120. The maximum atomic E-state index is 15.2. The zero-order valence-electron chi connectivity index (χ0n) is 17.3. The monoisotopic (exact) mass is 440 g/mol. The summed E-state index contributed by atoms with van der Waals surface area (Å²) in [4.78, 5) is 44.0. The zero-order valence-corrected chi connectivity index (χ0v) is 17.3. The number of hydrogen-bond donors (Lipinski definition) is 1. The fourth-order valence-corrected chi connectivity index (χ4v) is 4.70. The number of alkyl halides is 1. The molecule has 2 atom stereocenters. The number of nitrogens with one attached hydrogen (secondary N) is 1. The topological polar surface area (TPSA) is 82.6 Å². The second-order valence-corrected chi connectivity index (χ2v) is 8.53. The first kappa shape index (κ1) is 20.7. The molecule has 166 valence electrons. The number of piperidine rings is 1. The number of amides is 3. The summed E-state index contributed by atoms with van der Waals surface area (Å²) in [5.41, 5.74) is 2.30. The number of carbonyl (C=O) groups is 3. The minimum Gasteiger partial charge on any atom is -0.322 e. The summed E-state index contributed by atoms with van der Waals surface area (Å²) in [5, 5.41) is 2.28. The highest BCUT2D eigenvalue weighted by molar-refractivity contribution is 6.05. The number of fused-ring (bicyclic) bond motifs is 1. The van der Waals surface area contributed by atoms with Crippen LogP contribution in [0.5, 0.6) is 0 Å². The van der Waals surface area contributed by atoms with Crippen molar-refractivity contribution in [2.45, 2.75) is 44.6 Å². The van der Waals surface area contributed by atoms with Crippen LogP contribution in [0.3, 0.4) is 0 Å². The van der Waals surface area contributed by atoms with E-state index in [-0.39, 0.29) is 36.9 Å². The summed E-state index contributed by atoms with van der Waals surface area (Å²) < 4.78 is 28.7. The van der Waals surface area contributed by atoms with E-state index in [2.05, 4.69) is 10.3 Å². The molecule has 2 saturated heterocycles. The fraction of sp³-hybridized carbons (Fsp3) is 0.391. The molecule has 0 radical (unpaired) electrons. The number of pyridine rings is 1. The molecule has 2 fully saturated rings. The van der Waals surface area contributed by atoms with Gasteiger partial charge in [0.2, 0.25) is 11.8 Å². The van der Waals surface area contributed by atoms with Gasteiger partial charge in [0, 0.05) is 55.5 Å². The van der Waals surface area contributed by atoms with Gasteiger partial charge in [-0.2, -0.15) is 0 Å². The lowest BCUT2D eigenvalue weighted by atomic mass is 10.0. The van der Waals surface area contributed by atoms with Gasteiger partial charge in [-0.15, -0.1) is 0 Å². The zero-order chi connectivity index (χ0) is 22.4. The van der Waals surface area contributed by atoms with Crippen LogP contribution in [0, 0.1) is 5.82 Å². The SMILES string of the molecule is O=C1CCC(N2Cc3cc(-c4nccc(CN5CC[C@@H](F)C5)c4F)ccc3C2=O)C(=O)N1. The van der Waals surface area contributed by atoms with Crippen molar-refractivity contribution in [1.29, 1.82) is 0 Å². The van der Waals surface area contributed by atoms with Crippen LogP contribution in [0.25, 0.3) is 11.3 Å². The molecule has 32 heavy (non-hydrogen) atoms. The first-order valence-corrected chi connectivity index (χ1v) is 10.7. The molecule has 9 heteroatoms. The van der Waals surface area contributed by atoms with Crippen molar-refractivity contribution >= 4 is 17.7 Å². The van der Waals surface area contributed by atoms with E-state index >= 15 is 4.39 Å². The maximum absolute atomic E-state index is 15.2. The summed E-state index contributed by atoms with van der Waals surface area (Å²) in [6, 6.07) is 5.90. The Morgan fingerprint density at radius 1 is 1.16 bits per heavy atom. The molecule has 3 aliphatic heterocycles. The molecular weight excluding hydrogens is 418 g/mol. The van der Waals surface area contributed by atoms with E-state index in [0.717, 1.165) is 0 Å². The molecule has 1 N–H and O–H groups in total. The second-order valence-electron chi connectivity index (χ2n) is 8.53. The molecule has 2 aromatic rings. The number of hydrogen-bond acceptors (Lipinski definition) is 5. The number of benzene rings is 1. The van der Waals surface area contributed by atoms with Gasteiger partial charge in [0.05, 0.1) is 0 Å². The lowest BCUT2D eigenvalue weighted by Crippen LogP contribution is -2.52. The molecule has 0 saturated carbocycles. The first-order chi connectivity index (χ1) is 15.4. The highest BCUT2D eigenvalue weighted by Gasteiger charge is 2.39. The third-order valence-corrected chi connectivity index (χ3v) is 6.37. The van der Waals surface area contributed by atoms with Crippen LogP contribution in [0.1, 0.15) is 40.7 Å². The Morgan fingerprint density at radius 3 is 2.75 bits per heavy atom. The lowest BCUT2D eigenvalue weighted by Gasteiger charge is -2.29. The van der Waals surface area contributed by atoms with E-state index in [1.165, 1.54) is 11.1 Å². The molecule has 5 rings (SSSR count). The van der Waals surface area contributed by atoms with Crippen molar-refractivity contribution in [1.82, 2.24) is 20.1 Å². The predicted molar refractivity (Wildman–Crippen MR) is 110 cm³/mol. The highest BCUT2D eigenvalue weighted by Crippen LogP contribution is 2.32. The third kappa shape index (κ3) is 3.66. The van der Waals surface area contributed by atoms with Crippen molar-refractivity contribution in [3.05, 3.63) is 53.0 Å². The Kier molecular flexibility index (Phi) is 5.21. The average molecular weight is 440 g/mol. The van der Waals surface area contributed by atoms with Crippen molar-refractivity contribution in [2.75, 3.05) is 13.1 Å². The van der Waals surface area contributed by atoms with E-state index < -0.39 is 23.9 Å². The smallest absolute Gasteiger partial charge is 0.255 e. The minimum atomic E-state index is -0.874. The number of likely N-dealkylation sites (tertiary alicyclic amines) is 1. The van der Waals surface area contributed by atoms with Crippen LogP contribution < -0.4 is 5.32 Å². The largest absolute Gasteiger partial charge is 0.322 e. The van der Waals surface area contributed by atoms with E-state index in [9.17, 15) is 18.8 Å². The number of nitrogens with zero attached hydrogens (tertiary/aromatic N) is 3. The van der Waals surface area contributed by atoms with E-state index in [1.54, 1.807) is 24.3 Å². The maximum Gasteiger partial charge on any atom is 0.255 e. The molecule has 1 unspecified atom stereocenters. The summed E-state index contributed by atoms with van der Waals surface area (Å²) in [5.74, 6) is -1.55. The van der Waals surface area contributed by atoms with Gasteiger partial charge in [0.1, 0.15) is 17.9 Å². The Labute approximate surface area is 183 Å². The molecule has 0 spiro atoms. The van der Waals surface area contributed by atoms with E-state index in [4.69, 9.17) is 0 Å². The molecule has 1 aromatic carbocycles. The number of imide groups is 1. The van der Waals surface area contributed by atoms with Gasteiger partial charge in [-0.3, -0.25) is 29.6 Å². The van der Waals surface area contributed by atoms with Gasteiger partial charge in [-0.1, -0.05) is 6.07 Å². The first-order valence-electron chi connectivity index (χ1n) is 10.7. The lowest BCUT2D eigenvalue weighted by molar-refractivity contribution is -0.136. The quantitative estimate of drug-likeness (QED) is 0.737. The van der Waals surface area contributed by atoms with Crippen LogP contribution in [0.2, 0.25) is 0 Å². The van der Waals surface area contributed by atoms with E-state index in [0.29, 0.717) is 48.3 Å².